The van der Waals surface area contributed by atoms with Crippen LogP contribution in [0.1, 0.15) is 23.8 Å². The second kappa shape index (κ2) is 6.02. The Hall–Kier alpha value is -1.69. The number of hydrogen-bond acceptors (Lipinski definition) is 5. The van der Waals surface area contributed by atoms with Crippen molar-refractivity contribution in [1.29, 1.82) is 0 Å². The minimum absolute atomic E-state index is 0.116. The van der Waals surface area contributed by atoms with Gasteiger partial charge >= 0.3 is 0 Å². The highest BCUT2D eigenvalue weighted by molar-refractivity contribution is 5.91. The van der Waals surface area contributed by atoms with E-state index in [4.69, 9.17) is 5.11 Å². The number of amides is 1. The molecule has 0 aliphatic rings. The zero-order valence-electron chi connectivity index (χ0n) is 9.40. The lowest BCUT2D eigenvalue weighted by molar-refractivity contribution is 0.0957. The van der Waals surface area contributed by atoms with Gasteiger partial charge in [0.2, 0.25) is 0 Å². The van der Waals surface area contributed by atoms with E-state index in [2.05, 4.69) is 20.8 Å². The third kappa shape index (κ3) is 3.47. The Balaban J connectivity index is 2.61. The molecule has 0 saturated heterocycles. The molecule has 6 nitrogen and oxygen atoms in total. The van der Waals surface area contributed by atoms with Crippen molar-refractivity contribution in [2.45, 2.75) is 19.4 Å². The van der Waals surface area contributed by atoms with Crippen molar-refractivity contribution in [3.63, 3.8) is 0 Å². The van der Waals surface area contributed by atoms with Gasteiger partial charge in [-0.25, -0.2) is 0 Å². The van der Waals surface area contributed by atoms with Crippen LogP contribution in [0.2, 0.25) is 0 Å². The lowest BCUT2D eigenvalue weighted by atomic mass is 10.2. The first kappa shape index (κ1) is 12.4. The van der Waals surface area contributed by atoms with Crippen LogP contribution in [-0.2, 0) is 0 Å². The van der Waals surface area contributed by atoms with Gasteiger partial charge in [0.25, 0.3) is 5.91 Å². The van der Waals surface area contributed by atoms with Gasteiger partial charge in [-0.05, 0) is 25.5 Å². The molecule has 1 amide bonds. The number of nitrogens with one attached hydrogen (secondary N) is 2. The number of aromatic nitrogens is 2. The number of carbonyl (C=O) groups is 1. The van der Waals surface area contributed by atoms with Crippen LogP contribution in [0.5, 0.6) is 0 Å². The number of nitrogens with zero attached hydrogens (tertiary/aromatic N) is 2. The molecule has 0 bridgehead atoms. The smallest absolute Gasteiger partial charge is 0.271 e. The summed E-state index contributed by atoms with van der Waals surface area (Å²) in [5.74, 6) is 0.330. The molecule has 16 heavy (non-hydrogen) atoms. The van der Waals surface area contributed by atoms with E-state index in [1.165, 1.54) is 0 Å². The van der Waals surface area contributed by atoms with Gasteiger partial charge in [-0.15, -0.1) is 10.2 Å². The predicted molar refractivity (Wildman–Crippen MR) is 60.2 cm³/mol. The minimum atomic E-state index is -0.262. The standard InChI is InChI=1S/C10H16N4O2/c1-7(5-6-15)12-9-4-3-8(13-14-9)10(16)11-2/h3-4,7,15H,5-6H2,1-2H3,(H,11,16)(H,12,14). The van der Waals surface area contributed by atoms with E-state index in [-0.39, 0.29) is 24.2 Å². The summed E-state index contributed by atoms with van der Waals surface area (Å²) in [6, 6.07) is 3.40. The topological polar surface area (TPSA) is 87.1 Å². The highest BCUT2D eigenvalue weighted by atomic mass is 16.3. The maximum absolute atomic E-state index is 11.2. The summed E-state index contributed by atoms with van der Waals surface area (Å²) in [6.07, 6.45) is 0.638. The van der Waals surface area contributed by atoms with E-state index in [0.29, 0.717) is 12.2 Å². The van der Waals surface area contributed by atoms with Crippen molar-refractivity contribution in [2.75, 3.05) is 19.0 Å². The highest BCUT2D eigenvalue weighted by Gasteiger charge is 2.06. The molecule has 0 saturated carbocycles. The van der Waals surface area contributed by atoms with Crippen LogP contribution < -0.4 is 10.6 Å². The average molecular weight is 224 g/mol. The second-order valence-corrected chi connectivity index (χ2v) is 3.44. The summed E-state index contributed by atoms with van der Waals surface area (Å²) in [4.78, 5) is 11.2. The van der Waals surface area contributed by atoms with Crippen molar-refractivity contribution in [3.05, 3.63) is 17.8 Å². The summed E-state index contributed by atoms with van der Waals surface area (Å²) in [5, 5.41) is 21.9. The molecule has 1 aromatic rings. The molecule has 3 N–H and O–H groups in total. The van der Waals surface area contributed by atoms with E-state index < -0.39 is 0 Å². The van der Waals surface area contributed by atoms with Gasteiger partial charge in [0.05, 0.1) is 0 Å². The Kier molecular flexibility index (Phi) is 4.65. The van der Waals surface area contributed by atoms with Gasteiger partial charge in [0.15, 0.2) is 5.69 Å². The molecule has 1 atom stereocenters. The lowest BCUT2D eigenvalue weighted by Gasteiger charge is -2.12. The Morgan fingerprint density at radius 1 is 1.50 bits per heavy atom. The molecule has 88 valence electrons. The quantitative estimate of drug-likeness (QED) is 0.656. The Morgan fingerprint density at radius 3 is 2.75 bits per heavy atom. The molecule has 0 aliphatic carbocycles. The fraction of sp³-hybridized carbons (Fsp3) is 0.500. The lowest BCUT2D eigenvalue weighted by Crippen LogP contribution is -2.21. The maximum atomic E-state index is 11.2. The third-order valence-electron chi connectivity index (χ3n) is 2.08. The van der Waals surface area contributed by atoms with E-state index in [1.807, 2.05) is 6.92 Å². The van der Waals surface area contributed by atoms with Gasteiger partial charge < -0.3 is 15.7 Å². The van der Waals surface area contributed by atoms with Crippen LogP contribution in [-0.4, -0.2) is 40.9 Å². The minimum Gasteiger partial charge on any atom is -0.396 e. The third-order valence-corrected chi connectivity index (χ3v) is 2.08. The molecular formula is C10H16N4O2. The molecule has 0 fully saturated rings. The van der Waals surface area contributed by atoms with E-state index in [9.17, 15) is 4.79 Å². The number of aliphatic hydroxyl groups is 1. The zero-order valence-corrected chi connectivity index (χ0v) is 9.40. The van der Waals surface area contributed by atoms with Crippen molar-refractivity contribution < 1.29 is 9.90 Å². The maximum Gasteiger partial charge on any atom is 0.271 e. The summed E-state index contributed by atoms with van der Waals surface area (Å²) < 4.78 is 0. The SMILES string of the molecule is CNC(=O)c1ccc(NC(C)CCO)nn1. The van der Waals surface area contributed by atoms with Crippen molar-refractivity contribution in [3.8, 4) is 0 Å². The average Bonchev–Trinajstić information content (AvgIpc) is 2.29. The number of aliphatic hydroxyl groups excluding tert-OH is 1. The molecule has 1 unspecified atom stereocenters. The number of anilines is 1. The summed E-state index contributed by atoms with van der Waals surface area (Å²) in [5.41, 5.74) is 0.280. The highest BCUT2D eigenvalue weighted by Crippen LogP contribution is 2.05. The first-order valence-electron chi connectivity index (χ1n) is 5.10. The molecule has 1 rings (SSSR count). The van der Waals surface area contributed by atoms with Gasteiger partial charge in [0.1, 0.15) is 5.82 Å². The molecule has 1 heterocycles. The van der Waals surface area contributed by atoms with Crippen LogP contribution in [0, 0.1) is 0 Å². The summed E-state index contributed by atoms with van der Waals surface area (Å²) in [6.45, 7) is 2.06. The van der Waals surface area contributed by atoms with Crippen molar-refractivity contribution in [2.24, 2.45) is 0 Å². The largest absolute Gasteiger partial charge is 0.396 e. The molecular weight excluding hydrogens is 208 g/mol. The molecule has 0 aromatic carbocycles. The molecule has 0 spiro atoms. The van der Waals surface area contributed by atoms with Crippen LogP contribution in [0.25, 0.3) is 0 Å². The van der Waals surface area contributed by atoms with Gasteiger partial charge in [-0.2, -0.15) is 0 Å². The number of hydrogen-bond donors (Lipinski definition) is 3. The normalized spacial score (nSPS) is 11.9. The fourth-order valence-electron chi connectivity index (χ4n) is 1.18. The Morgan fingerprint density at radius 2 is 2.25 bits per heavy atom. The van der Waals surface area contributed by atoms with E-state index in [0.717, 1.165) is 0 Å². The van der Waals surface area contributed by atoms with Crippen molar-refractivity contribution >= 4 is 11.7 Å². The second-order valence-electron chi connectivity index (χ2n) is 3.44. The summed E-state index contributed by atoms with van der Waals surface area (Å²) >= 11 is 0. The number of carbonyl (C=O) groups excluding carboxylic acids is 1. The van der Waals surface area contributed by atoms with Crippen molar-refractivity contribution in [1.82, 2.24) is 15.5 Å². The van der Waals surface area contributed by atoms with E-state index in [1.54, 1.807) is 19.2 Å². The number of rotatable bonds is 5. The van der Waals surface area contributed by atoms with Crippen LogP contribution in [0.4, 0.5) is 5.82 Å². The fourth-order valence-corrected chi connectivity index (χ4v) is 1.18. The Bertz CT molecular complexity index is 339. The Labute approximate surface area is 94.1 Å². The molecule has 0 radical (unpaired) electrons. The van der Waals surface area contributed by atoms with Crippen LogP contribution >= 0.6 is 0 Å². The monoisotopic (exact) mass is 224 g/mol. The van der Waals surface area contributed by atoms with Crippen LogP contribution in [0.3, 0.4) is 0 Å². The van der Waals surface area contributed by atoms with Gasteiger partial charge in [0, 0.05) is 19.7 Å². The zero-order chi connectivity index (χ0) is 12.0. The predicted octanol–water partition coefficient (Wildman–Crippen LogP) is 0.0190. The summed E-state index contributed by atoms with van der Waals surface area (Å²) in [7, 11) is 1.54. The molecule has 6 heteroatoms. The first-order chi connectivity index (χ1) is 7.67. The van der Waals surface area contributed by atoms with Gasteiger partial charge in [-0.3, -0.25) is 4.79 Å². The first-order valence-corrected chi connectivity index (χ1v) is 5.10. The molecule has 1 aromatic heterocycles. The molecule has 0 aliphatic heterocycles. The van der Waals surface area contributed by atoms with Gasteiger partial charge in [-0.1, -0.05) is 0 Å². The van der Waals surface area contributed by atoms with E-state index >= 15 is 0 Å². The van der Waals surface area contributed by atoms with Crippen LogP contribution in [0.15, 0.2) is 12.1 Å².